The number of hydrogen-bond donors (Lipinski definition) is 1. The highest BCUT2D eigenvalue weighted by Gasteiger charge is 2.70. The summed E-state index contributed by atoms with van der Waals surface area (Å²) in [6.07, 6.45) is 3.92. The molecule has 7 rings (SSSR count). The van der Waals surface area contributed by atoms with Gasteiger partial charge in [-0.25, -0.2) is 4.39 Å². The molecule has 0 saturated carbocycles. The average molecular weight is 529 g/mol. The first-order chi connectivity index (χ1) is 19.4. The van der Waals surface area contributed by atoms with Gasteiger partial charge in [-0.1, -0.05) is 72.8 Å². The number of ketones is 2. The van der Waals surface area contributed by atoms with Gasteiger partial charge in [-0.3, -0.25) is 14.4 Å². The Bertz CT molecular complexity index is 1730. The number of hydrogen-bond acceptors (Lipinski definition) is 4. The third kappa shape index (κ3) is 3.29. The van der Waals surface area contributed by atoms with Crippen LogP contribution < -0.4 is 10.2 Å². The lowest BCUT2D eigenvalue weighted by Crippen LogP contribution is -2.51. The zero-order valence-electron chi connectivity index (χ0n) is 21.7. The van der Waals surface area contributed by atoms with Crippen LogP contribution >= 0.6 is 0 Å². The first kappa shape index (κ1) is 24.2. The van der Waals surface area contributed by atoms with Crippen LogP contribution in [0, 0.1) is 18.7 Å². The van der Waals surface area contributed by atoms with Gasteiger partial charge in [-0.15, -0.1) is 0 Å². The molecule has 3 aliphatic heterocycles. The molecule has 3 aliphatic rings. The minimum atomic E-state index is -1.39. The SMILES string of the molecule is Cc1ccc2c(c1)N1C(C(=O)c3ccccc3)C(C(=O)c3ccc(F)cc3)C3(C(=O)Nc4ccccc43)C1C=C2. The van der Waals surface area contributed by atoms with Crippen molar-refractivity contribution in [3.05, 3.63) is 137 Å². The van der Waals surface area contributed by atoms with E-state index >= 15 is 0 Å². The van der Waals surface area contributed by atoms with Crippen molar-refractivity contribution in [3.8, 4) is 0 Å². The smallest absolute Gasteiger partial charge is 0.238 e. The first-order valence-electron chi connectivity index (χ1n) is 13.3. The maximum Gasteiger partial charge on any atom is 0.238 e. The molecule has 6 heteroatoms. The molecule has 0 aliphatic carbocycles. The Labute approximate surface area is 231 Å². The van der Waals surface area contributed by atoms with Gasteiger partial charge in [0.25, 0.3) is 0 Å². The number of nitrogens with zero attached hydrogens (tertiary/aromatic N) is 1. The van der Waals surface area contributed by atoms with Gasteiger partial charge >= 0.3 is 0 Å². The van der Waals surface area contributed by atoms with Crippen molar-refractivity contribution >= 4 is 34.9 Å². The van der Waals surface area contributed by atoms with Crippen LogP contribution in [0.3, 0.4) is 0 Å². The third-order valence-corrected chi connectivity index (χ3v) is 8.53. The molecule has 3 heterocycles. The van der Waals surface area contributed by atoms with Crippen LogP contribution in [0.4, 0.5) is 15.8 Å². The monoisotopic (exact) mass is 528 g/mol. The summed E-state index contributed by atoms with van der Waals surface area (Å²) < 4.78 is 13.9. The number of para-hydroxylation sites is 1. The normalized spacial score (nSPS) is 23.9. The molecule has 5 nitrogen and oxygen atoms in total. The molecule has 4 aromatic rings. The lowest BCUT2D eigenvalue weighted by atomic mass is 9.64. The maximum absolute atomic E-state index is 14.6. The van der Waals surface area contributed by atoms with Crippen molar-refractivity contribution in [1.82, 2.24) is 0 Å². The molecule has 1 N–H and O–H groups in total. The van der Waals surface area contributed by atoms with E-state index in [1.165, 1.54) is 24.3 Å². The minimum absolute atomic E-state index is 0.247. The fourth-order valence-corrected chi connectivity index (χ4v) is 6.84. The molecule has 196 valence electrons. The number of fused-ring (bicyclic) bond motifs is 6. The van der Waals surface area contributed by atoms with E-state index in [0.717, 1.165) is 16.8 Å². The summed E-state index contributed by atoms with van der Waals surface area (Å²) in [6.45, 7) is 1.98. The number of Topliss-reactive ketones (excluding diaryl/α,β-unsaturated/α-hetero) is 2. The summed E-state index contributed by atoms with van der Waals surface area (Å²) in [4.78, 5) is 45.5. The van der Waals surface area contributed by atoms with Gasteiger partial charge in [0.2, 0.25) is 5.91 Å². The highest BCUT2D eigenvalue weighted by molar-refractivity contribution is 6.18. The Morgan fingerprint density at radius 3 is 2.33 bits per heavy atom. The molecule has 0 bridgehead atoms. The van der Waals surface area contributed by atoms with Gasteiger partial charge in [0.05, 0.1) is 12.0 Å². The molecular formula is C34H25FN2O3. The summed E-state index contributed by atoms with van der Waals surface area (Å²) in [7, 11) is 0. The molecule has 4 aromatic carbocycles. The van der Waals surface area contributed by atoms with E-state index in [1.54, 1.807) is 24.3 Å². The Morgan fingerprint density at radius 2 is 1.55 bits per heavy atom. The summed E-state index contributed by atoms with van der Waals surface area (Å²) in [6, 6.07) is 26.0. The number of rotatable bonds is 4. The van der Waals surface area contributed by atoms with Gasteiger partial charge in [0, 0.05) is 22.5 Å². The van der Waals surface area contributed by atoms with E-state index in [9.17, 15) is 18.8 Å². The lowest BCUT2D eigenvalue weighted by molar-refractivity contribution is -0.121. The van der Waals surface area contributed by atoms with E-state index < -0.39 is 29.2 Å². The van der Waals surface area contributed by atoms with Crippen molar-refractivity contribution in [1.29, 1.82) is 0 Å². The number of nitrogens with one attached hydrogen (secondary N) is 1. The third-order valence-electron chi connectivity index (χ3n) is 8.53. The minimum Gasteiger partial charge on any atom is -0.352 e. The molecule has 4 atom stereocenters. The molecule has 0 aromatic heterocycles. The molecule has 1 fully saturated rings. The largest absolute Gasteiger partial charge is 0.352 e. The van der Waals surface area contributed by atoms with Crippen molar-refractivity contribution in [2.75, 3.05) is 10.2 Å². The predicted octanol–water partition coefficient (Wildman–Crippen LogP) is 5.99. The average Bonchev–Trinajstić information content (AvgIpc) is 3.45. The second-order valence-electron chi connectivity index (χ2n) is 10.7. The van der Waals surface area contributed by atoms with Crippen LogP contribution in [0.5, 0.6) is 0 Å². The van der Waals surface area contributed by atoms with Crippen LogP contribution in [-0.4, -0.2) is 29.6 Å². The molecule has 0 radical (unpaired) electrons. The summed E-state index contributed by atoms with van der Waals surface area (Å²) in [5, 5.41) is 3.02. The van der Waals surface area contributed by atoms with E-state index in [2.05, 4.69) is 5.32 Å². The first-order valence-corrected chi connectivity index (χ1v) is 13.3. The van der Waals surface area contributed by atoms with Crippen molar-refractivity contribution < 1.29 is 18.8 Å². The van der Waals surface area contributed by atoms with E-state index in [4.69, 9.17) is 0 Å². The standard InChI is InChI=1S/C34H25FN2O3/c1-20-11-12-21-15-18-28-34(25-9-5-6-10-26(25)36-33(34)40)29(31(38)23-13-16-24(35)17-14-23)30(37(28)27(21)19-20)32(39)22-7-3-2-4-8-22/h2-19,28-30H,1H3,(H,36,40). The molecule has 4 unspecified atom stereocenters. The number of carbonyl (C=O) groups excluding carboxylic acids is 3. The second kappa shape index (κ2) is 8.85. The molecule has 1 spiro atoms. The van der Waals surface area contributed by atoms with Crippen molar-refractivity contribution in [2.45, 2.75) is 24.4 Å². The van der Waals surface area contributed by atoms with Crippen LogP contribution in [0.1, 0.15) is 37.4 Å². The molecule has 1 amide bonds. The number of anilines is 2. The van der Waals surface area contributed by atoms with Gasteiger partial charge in [0.15, 0.2) is 11.6 Å². The topological polar surface area (TPSA) is 66.5 Å². The zero-order valence-corrected chi connectivity index (χ0v) is 21.7. The van der Waals surface area contributed by atoms with Crippen LogP contribution in [0.2, 0.25) is 0 Å². The number of benzene rings is 4. The van der Waals surface area contributed by atoms with Gasteiger partial charge in [-0.2, -0.15) is 0 Å². The number of carbonyl (C=O) groups is 3. The maximum atomic E-state index is 14.6. The highest BCUT2D eigenvalue weighted by atomic mass is 19.1. The van der Waals surface area contributed by atoms with Crippen molar-refractivity contribution in [3.63, 3.8) is 0 Å². The fourth-order valence-electron chi connectivity index (χ4n) is 6.84. The van der Waals surface area contributed by atoms with E-state index in [1.807, 2.05) is 72.5 Å². The van der Waals surface area contributed by atoms with Gasteiger partial charge in [0.1, 0.15) is 17.3 Å². The van der Waals surface area contributed by atoms with Gasteiger partial charge in [-0.05, 0) is 60.0 Å². The van der Waals surface area contributed by atoms with Crippen LogP contribution in [-0.2, 0) is 10.2 Å². The summed E-state index contributed by atoms with van der Waals surface area (Å²) >= 11 is 0. The Balaban J connectivity index is 1.55. The van der Waals surface area contributed by atoms with Crippen molar-refractivity contribution in [2.24, 2.45) is 5.92 Å². The second-order valence-corrected chi connectivity index (χ2v) is 10.7. The van der Waals surface area contributed by atoms with Gasteiger partial charge < -0.3 is 10.2 Å². The molecule has 1 saturated heterocycles. The zero-order chi connectivity index (χ0) is 27.6. The Hall–Kier alpha value is -4.84. The van der Waals surface area contributed by atoms with Crippen LogP contribution in [0.25, 0.3) is 6.08 Å². The fraction of sp³-hybridized carbons (Fsp3) is 0.147. The van der Waals surface area contributed by atoms with Crippen LogP contribution in [0.15, 0.2) is 103 Å². The molecular weight excluding hydrogens is 503 g/mol. The predicted molar refractivity (Wildman–Crippen MR) is 152 cm³/mol. The Morgan fingerprint density at radius 1 is 0.850 bits per heavy atom. The number of halogens is 1. The lowest BCUT2D eigenvalue weighted by Gasteiger charge is -2.37. The molecule has 40 heavy (non-hydrogen) atoms. The quantitative estimate of drug-likeness (QED) is 0.331. The number of amides is 1. The van der Waals surface area contributed by atoms with E-state index in [0.29, 0.717) is 16.8 Å². The highest BCUT2D eigenvalue weighted by Crippen LogP contribution is 2.58. The number of aryl methyl sites for hydroxylation is 1. The van der Waals surface area contributed by atoms with E-state index in [-0.39, 0.29) is 23.0 Å². The Kier molecular flexibility index (Phi) is 5.36. The summed E-state index contributed by atoms with van der Waals surface area (Å²) in [5.74, 6) is -2.51. The summed E-state index contributed by atoms with van der Waals surface area (Å²) in [5.41, 5.74) is 3.32.